The maximum Gasteiger partial charge on any atom is 0.322 e. The van der Waals surface area contributed by atoms with Crippen LogP contribution in [0.25, 0.3) is 0 Å². The van der Waals surface area contributed by atoms with Gasteiger partial charge in [0, 0.05) is 0 Å². The fraction of sp³-hybridized carbons (Fsp3) is 0.857. The van der Waals surface area contributed by atoms with Crippen molar-refractivity contribution < 1.29 is 9.53 Å². The summed E-state index contributed by atoms with van der Waals surface area (Å²) in [5.74, 6) is 0.523. The smallest absolute Gasteiger partial charge is 0.322 e. The molecule has 0 heterocycles. The molecule has 0 aliphatic carbocycles. The number of halogens is 1. The van der Waals surface area contributed by atoms with Crippen molar-refractivity contribution in [2.45, 2.75) is 24.6 Å². The van der Waals surface area contributed by atoms with Crippen molar-refractivity contribution in [1.29, 1.82) is 0 Å². The average Bonchev–Trinajstić information content (AvgIpc) is 1.86. The molecule has 0 spiro atoms. The summed E-state index contributed by atoms with van der Waals surface area (Å²) < 4.78 is 4.35. The van der Waals surface area contributed by atoms with Gasteiger partial charge in [0.1, 0.15) is 4.32 Å². The average molecular weight is 241 g/mol. The van der Waals surface area contributed by atoms with E-state index in [1.165, 1.54) is 0 Å². The third-order valence-electron chi connectivity index (χ3n) is 1.02. The van der Waals surface area contributed by atoms with Gasteiger partial charge in [-0.2, -0.15) is 12.6 Å². The molecule has 66 valence electrons. The van der Waals surface area contributed by atoms with Crippen LogP contribution in [0.4, 0.5) is 0 Å². The Labute approximate surface area is 81.2 Å². The molecular weight excluding hydrogens is 228 g/mol. The summed E-state index contributed by atoms with van der Waals surface area (Å²) >= 11 is 7.19. The zero-order chi connectivity index (χ0) is 8.91. The van der Waals surface area contributed by atoms with Gasteiger partial charge in [-0.3, -0.25) is 4.79 Å². The highest BCUT2D eigenvalue weighted by Gasteiger charge is 2.24. The molecule has 11 heavy (non-hydrogen) atoms. The Hall–Kier alpha value is 0.300. The van der Waals surface area contributed by atoms with Gasteiger partial charge >= 0.3 is 5.97 Å². The Morgan fingerprint density at radius 3 is 2.55 bits per heavy atom. The molecule has 0 aromatic carbocycles. The first-order chi connectivity index (χ1) is 4.98. The Bertz CT molecular complexity index is 131. The standard InChI is InChI=1S/C7H13BrO2S/c1-7(2,8)6(9)10-4-3-5-11/h11H,3-5H2,1-2H3. The molecule has 0 N–H and O–H groups in total. The van der Waals surface area contributed by atoms with E-state index >= 15 is 0 Å². The van der Waals surface area contributed by atoms with Crippen LogP contribution in [0.1, 0.15) is 20.3 Å². The van der Waals surface area contributed by atoms with Gasteiger partial charge in [-0.1, -0.05) is 15.9 Å². The highest BCUT2D eigenvalue weighted by Crippen LogP contribution is 2.17. The van der Waals surface area contributed by atoms with Crippen LogP contribution in [0.3, 0.4) is 0 Å². The Morgan fingerprint density at radius 2 is 2.18 bits per heavy atom. The summed E-state index contributed by atoms with van der Waals surface area (Å²) in [5.41, 5.74) is 0. The number of thiol groups is 1. The maximum atomic E-state index is 11.0. The van der Waals surface area contributed by atoms with E-state index in [1.807, 2.05) is 0 Å². The van der Waals surface area contributed by atoms with E-state index in [4.69, 9.17) is 4.74 Å². The van der Waals surface area contributed by atoms with Crippen LogP contribution in [-0.2, 0) is 9.53 Å². The molecule has 0 saturated heterocycles. The lowest BCUT2D eigenvalue weighted by Crippen LogP contribution is -2.26. The maximum absolute atomic E-state index is 11.0. The Balaban J connectivity index is 3.54. The molecule has 2 nitrogen and oxygen atoms in total. The third-order valence-corrected chi connectivity index (χ3v) is 1.66. The summed E-state index contributed by atoms with van der Waals surface area (Å²) in [4.78, 5) is 11.0. The first-order valence-electron chi connectivity index (χ1n) is 3.45. The monoisotopic (exact) mass is 240 g/mol. The van der Waals surface area contributed by atoms with Crippen molar-refractivity contribution in [2.75, 3.05) is 12.4 Å². The largest absolute Gasteiger partial charge is 0.465 e. The minimum absolute atomic E-state index is 0.223. The summed E-state index contributed by atoms with van der Waals surface area (Å²) in [7, 11) is 0. The van der Waals surface area contributed by atoms with E-state index in [0.717, 1.165) is 12.2 Å². The van der Waals surface area contributed by atoms with Crippen molar-refractivity contribution in [2.24, 2.45) is 0 Å². The minimum atomic E-state index is -0.566. The van der Waals surface area contributed by atoms with E-state index in [0.29, 0.717) is 6.61 Å². The molecule has 0 aromatic heterocycles. The van der Waals surface area contributed by atoms with Crippen molar-refractivity contribution >= 4 is 34.5 Å². The van der Waals surface area contributed by atoms with E-state index in [1.54, 1.807) is 13.8 Å². The zero-order valence-electron chi connectivity index (χ0n) is 6.76. The number of alkyl halides is 1. The quantitative estimate of drug-likeness (QED) is 0.353. The van der Waals surface area contributed by atoms with Gasteiger partial charge in [0.15, 0.2) is 0 Å². The van der Waals surface area contributed by atoms with E-state index < -0.39 is 4.32 Å². The fourth-order valence-electron chi connectivity index (χ4n) is 0.401. The molecule has 0 aliphatic heterocycles. The third kappa shape index (κ3) is 5.56. The number of ether oxygens (including phenoxy) is 1. The molecule has 0 rings (SSSR count). The Morgan fingerprint density at radius 1 is 1.64 bits per heavy atom. The molecule has 0 unspecified atom stereocenters. The predicted molar refractivity (Wildman–Crippen MR) is 52.4 cm³/mol. The molecule has 0 saturated carbocycles. The highest BCUT2D eigenvalue weighted by molar-refractivity contribution is 9.10. The van der Waals surface area contributed by atoms with Gasteiger partial charge in [0.25, 0.3) is 0 Å². The van der Waals surface area contributed by atoms with Gasteiger partial charge in [-0.25, -0.2) is 0 Å². The molecule has 0 atom stereocenters. The minimum Gasteiger partial charge on any atom is -0.465 e. The van der Waals surface area contributed by atoms with Gasteiger partial charge in [0.2, 0.25) is 0 Å². The Kier molecular flexibility index (Phi) is 5.17. The molecule has 0 bridgehead atoms. The first kappa shape index (κ1) is 11.3. The second-order valence-electron chi connectivity index (χ2n) is 2.69. The molecule has 0 fully saturated rings. The van der Waals surface area contributed by atoms with Crippen molar-refractivity contribution in [3.63, 3.8) is 0 Å². The summed E-state index contributed by atoms with van der Waals surface area (Å²) in [6.45, 7) is 3.98. The second kappa shape index (κ2) is 5.04. The number of carbonyl (C=O) groups is 1. The first-order valence-corrected chi connectivity index (χ1v) is 4.88. The van der Waals surface area contributed by atoms with E-state index in [-0.39, 0.29) is 5.97 Å². The topological polar surface area (TPSA) is 26.3 Å². The van der Waals surface area contributed by atoms with Crippen molar-refractivity contribution in [1.82, 2.24) is 0 Å². The number of hydrogen-bond donors (Lipinski definition) is 1. The lowest BCUT2D eigenvalue weighted by atomic mass is 10.2. The molecule has 0 aromatic rings. The van der Waals surface area contributed by atoms with Crippen LogP contribution in [-0.4, -0.2) is 22.7 Å². The molecular formula is C7H13BrO2S. The lowest BCUT2D eigenvalue weighted by molar-refractivity contribution is -0.145. The second-order valence-corrected chi connectivity index (χ2v) is 5.12. The SMILES string of the molecule is CC(C)(Br)C(=O)OCCCS. The van der Waals surface area contributed by atoms with Crippen molar-refractivity contribution in [3.8, 4) is 0 Å². The van der Waals surface area contributed by atoms with Gasteiger partial charge in [-0.05, 0) is 26.0 Å². The van der Waals surface area contributed by atoms with Crippen LogP contribution in [0, 0.1) is 0 Å². The van der Waals surface area contributed by atoms with E-state index in [2.05, 4.69) is 28.6 Å². The molecule has 0 radical (unpaired) electrons. The van der Waals surface area contributed by atoms with Crippen LogP contribution in [0.5, 0.6) is 0 Å². The van der Waals surface area contributed by atoms with Gasteiger partial charge in [-0.15, -0.1) is 0 Å². The lowest BCUT2D eigenvalue weighted by Gasteiger charge is -2.14. The number of rotatable bonds is 4. The van der Waals surface area contributed by atoms with Crippen LogP contribution >= 0.6 is 28.6 Å². The van der Waals surface area contributed by atoms with Crippen LogP contribution < -0.4 is 0 Å². The molecule has 0 aliphatic rings. The number of esters is 1. The van der Waals surface area contributed by atoms with Gasteiger partial charge in [0.05, 0.1) is 6.61 Å². The normalized spacial score (nSPS) is 11.3. The van der Waals surface area contributed by atoms with E-state index in [9.17, 15) is 4.79 Å². The molecule has 4 heteroatoms. The van der Waals surface area contributed by atoms with Crippen molar-refractivity contribution in [3.05, 3.63) is 0 Å². The summed E-state index contributed by atoms with van der Waals surface area (Å²) in [6, 6.07) is 0. The number of hydrogen-bond acceptors (Lipinski definition) is 3. The van der Waals surface area contributed by atoms with Gasteiger partial charge < -0.3 is 4.74 Å². The fourth-order valence-corrected chi connectivity index (χ4v) is 0.645. The predicted octanol–water partition coefficient (Wildman–Crippen LogP) is 2.02. The summed E-state index contributed by atoms with van der Waals surface area (Å²) in [5, 5.41) is 0. The number of carbonyl (C=O) groups excluding carboxylic acids is 1. The van der Waals surface area contributed by atoms with Crippen LogP contribution in [0.2, 0.25) is 0 Å². The summed E-state index contributed by atoms with van der Waals surface area (Å²) in [6.07, 6.45) is 0.804. The zero-order valence-corrected chi connectivity index (χ0v) is 9.24. The molecule has 0 amide bonds. The van der Waals surface area contributed by atoms with Crippen LogP contribution in [0.15, 0.2) is 0 Å². The highest BCUT2D eigenvalue weighted by atomic mass is 79.9.